The molecule has 0 atom stereocenters. The maximum absolute atomic E-state index is 12.7. The second kappa shape index (κ2) is 10.8. The molecule has 0 radical (unpaired) electrons. The average molecular weight is 528 g/mol. The minimum Gasteiger partial charge on any atom is -0.497 e. The number of carbonyl (C=O) groups excluding carboxylic acids is 2. The van der Waals surface area contributed by atoms with Crippen LogP contribution in [-0.2, 0) is 0 Å². The van der Waals surface area contributed by atoms with E-state index in [9.17, 15) is 9.59 Å². The van der Waals surface area contributed by atoms with Gasteiger partial charge in [-0.3, -0.25) is 9.59 Å². The quantitative estimate of drug-likeness (QED) is 0.220. The van der Waals surface area contributed by atoms with Crippen molar-refractivity contribution in [3.8, 4) is 11.5 Å². The van der Waals surface area contributed by atoms with E-state index in [2.05, 4.69) is 15.8 Å². The second-order valence-electron chi connectivity index (χ2n) is 7.22. The van der Waals surface area contributed by atoms with Crippen LogP contribution in [0.15, 0.2) is 65.8 Å². The first-order chi connectivity index (χ1) is 16.9. The van der Waals surface area contributed by atoms with Gasteiger partial charge in [-0.2, -0.15) is 5.10 Å². The Morgan fingerprint density at radius 1 is 0.943 bits per heavy atom. The maximum Gasteiger partial charge on any atom is 0.271 e. The molecular weight excluding hydrogens is 509 g/mol. The van der Waals surface area contributed by atoms with E-state index >= 15 is 0 Å². The SMILES string of the molecule is COc1ccc(/C=N\NC(=O)c2ccc(NC(=O)c3sc4cc(Cl)ccc4c3Cl)cc2)c(OC)c1. The van der Waals surface area contributed by atoms with Crippen molar-refractivity contribution in [2.75, 3.05) is 19.5 Å². The fraction of sp³-hybridized carbons (Fsp3) is 0.0800. The summed E-state index contributed by atoms with van der Waals surface area (Å²) in [6, 6.07) is 17.0. The zero-order chi connectivity index (χ0) is 24.9. The molecule has 10 heteroatoms. The molecule has 7 nitrogen and oxygen atoms in total. The zero-order valence-electron chi connectivity index (χ0n) is 18.6. The summed E-state index contributed by atoms with van der Waals surface area (Å²) >= 11 is 13.7. The number of anilines is 1. The van der Waals surface area contributed by atoms with Crippen molar-refractivity contribution >= 4 is 68.3 Å². The first-order valence-electron chi connectivity index (χ1n) is 10.2. The van der Waals surface area contributed by atoms with Gasteiger partial charge in [-0.1, -0.05) is 29.3 Å². The maximum atomic E-state index is 12.7. The van der Waals surface area contributed by atoms with E-state index in [1.807, 2.05) is 0 Å². The van der Waals surface area contributed by atoms with E-state index < -0.39 is 5.91 Å². The fourth-order valence-electron chi connectivity index (χ4n) is 3.23. The number of amides is 2. The van der Waals surface area contributed by atoms with E-state index in [1.165, 1.54) is 24.7 Å². The molecule has 3 aromatic carbocycles. The number of hydrogen-bond donors (Lipinski definition) is 2. The highest BCUT2D eigenvalue weighted by molar-refractivity contribution is 7.21. The molecule has 0 saturated carbocycles. The molecule has 0 unspecified atom stereocenters. The van der Waals surface area contributed by atoms with Gasteiger partial charge in [0.2, 0.25) is 0 Å². The number of rotatable bonds is 7. The standard InChI is InChI=1S/C25H19Cl2N3O4S/c1-33-18-9-5-15(20(12-18)34-2)13-28-30-24(31)14-3-7-17(8-4-14)29-25(32)23-22(27)19-10-6-16(26)11-21(19)35-23/h3-13H,1-2H3,(H,29,32)(H,30,31)/b28-13-. The molecule has 4 rings (SSSR count). The van der Waals surface area contributed by atoms with Crippen molar-refractivity contribution in [1.82, 2.24) is 5.43 Å². The van der Waals surface area contributed by atoms with E-state index in [0.717, 1.165) is 10.1 Å². The average Bonchev–Trinajstić information content (AvgIpc) is 3.19. The van der Waals surface area contributed by atoms with Crippen LogP contribution in [0.5, 0.6) is 11.5 Å². The molecule has 178 valence electrons. The summed E-state index contributed by atoms with van der Waals surface area (Å²) in [6.07, 6.45) is 1.48. The molecule has 0 saturated heterocycles. The van der Waals surface area contributed by atoms with Gasteiger partial charge in [0.1, 0.15) is 16.4 Å². The Morgan fingerprint density at radius 2 is 1.71 bits per heavy atom. The molecule has 2 amide bonds. The lowest BCUT2D eigenvalue weighted by molar-refractivity contribution is 0.0954. The Kier molecular flexibility index (Phi) is 7.55. The molecule has 1 heterocycles. The molecule has 4 aromatic rings. The molecule has 2 N–H and O–H groups in total. The lowest BCUT2D eigenvalue weighted by Crippen LogP contribution is -2.18. The van der Waals surface area contributed by atoms with Gasteiger partial charge in [0.25, 0.3) is 11.8 Å². The van der Waals surface area contributed by atoms with E-state index in [1.54, 1.807) is 67.8 Å². The number of benzene rings is 3. The summed E-state index contributed by atoms with van der Waals surface area (Å²) in [5.74, 6) is 0.456. The summed E-state index contributed by atoms with van der Waals surface area (Å²) in [4.78, 5) is 25.6. The Morgan fingerprint density at radius 3 is 2.43 bits per heavy atom. The van der Waals surface area contributed by atoms with Gasteiger partial charge < -0.3 is 14.8 Å². The molecule has 35 heavy (non-hydrogen) atoms. The topological polar surface area (TPSA) is 89.0 Å². The fourth-order valence-corrected chi connectivity index (χ4v) is 4.92. The molecule has 0 aliphatic heterocycles. The summed E-state index contributed by atoms with van der Waals surface area (Å²) in [7, 11) is 3.10. The molecule has 0 bridgehead atoms. The molecule has 0 spiro atoms. The Hall–Kier alpha value is -3.59. The van der Waals surface area contributed by atoms with Crippen LogP contribution in [0.1, 0.15) is 25.6 Å². The van der Waals surface area contributed by atoms with Crippen LogP contribution < -0.4 is 20.2 Å². The van der Waals surface area contributed by atoms with Crippen molar-refractivity contribution in [2.45, 2.75) is 0 Å². The smallest absolute Gasteiger partial charge is 0.271 e. The van der Waals surface area contributed by atoms with Crippen LogP contribution in [0.3, 0.4) is 0 Å². The van der Waals surface area contributed by atoms with Crippen molar-refractivity contribution in [1.29, 1.82) is 0 Å². The molecule has 1 aromatic heterocycles. The molecule has 0 aliphatic carbocycles. The highest BCUT2D eigenvalue weighted by Gasteiger charge is 2.18. The predicted molar refractivity (Wildman–Crippen MR) is 141 cm³/mol. The summed E-state index contributed by atoms with van der Waals surface area (Å²) in [5.41, 5.74) is 4.03. The van der Waals surface area contributed by atoms with Crippen LogP contribution in [-0.4, -0.2) is 32.2 Å². The van der Waals surface area contributed by atoms with E-state index in [4.69, 9.17) is 32.7 Å². The lowest BCUT2D eigenvalue weighted by Gasteiger charge is -2.07. The van der Waals surface area contributed by atoms with Crippen molar-refractivity contribution < 1.29 is 19.1 Å². The zero-order valence-corrected chi connectivity index (χ0v) is 20.9. The van der Waals surface area contributed by atoms with Gasteiger partial charge >= 0.3 is 0 Å². The predicted octanol–water partition coefficient (Wildman–Crippen LogP) is 6.24. The summed E-state index contributed by atoms with van der Waals surface area (Å²) in [6.45, 7) is 0. The first-order valence-corrected chi connectivity index (χ1v) is 11.8. The van der Waals surface area contributed by atoms with Gasteiger partial charge in [0, 0.05) is 38.0 Å². The van der Waals surface area contributed by atoms with Crippen molar-refractivity contribution in [2.24, 2.45) is 5.10 Å². The van der Waals surface area contributed by atoms with Gasteiger partial charge in [-0.15, -0.1) is 11.3 Å². The number of ether oxygens (including phenoxy) is 2. The van der Waals surface area contributed by atoms with Crippen molar-refractivity contribution in [3.63, 3.8) is 0 Å². The highest BCUT2D eigenvalue weighted by Crippen LogP contribution is 2.37. The molecular formula is C25H19Cl2N3O4S. The minimum absolute atomic E-state index is 0.345. The third kappa shape index (κ3) is 5.57. The summed E-state index contributed by atoms with van der Waals surface area (Å²) < 4.78 is 11.3. The van der Waals surface area contributed by atoms with Crippen LogP contribution >= 0.6 is 34.5 Å². The van der Waals surface area contributed by atoms with Crippen LogP contribution in [0.2, 0.25) is 10.0 Å². The number of methoxy groups -OCH3 is 2. The van der Waals surface area contributed by atoms with Crippen LogP contribution in [0.25, 0.3) is 10.1 Å². The summed E-state index contributed by atoms with van der Waals surface area (Å²) in [5, 5.41) is 8.51. The number of thiophene rings is 1. The lowest BCUT2D eigenvalue weighted by atomic mass is 10.2. The third-order valence-corrected chi connectivity index (χ3v) is 6.90. The second-order valence-corrected chi connectivity index (χ2v) is 9.09. The third-order valence-electron chi connectivity index (χ3n) is 5.01. The Bertz CT molecular complexity index is 1430. The minimum atomic E-state index is -0.406. The number of nitrogens with one attached hydrogen (secondary N) is 2. The number of hydrazone groups is 1. The largest absolute Gasteiger partial charge is 0.497 e. The van der Waals surface area contributed by atoms with Crippen LogP contribution in [0, 0.1) is 0 Å². The molecule has 0 fully saturated rings. The highest BCUT2D eigenvalue weighted by atomic mass is 35.5. The van der Waals surface area contributed by atoms with Gasteiger partial charge in [0.05, 0.1) is 25.5 Å². The van der Waals surface area contributed by atoms with E-state index in [-0.39, 0.29) is 5.91 Å². The number of halogens is 2. The van der Waals surface area contributed by atoms with Crippen LogP contribution in [0.4, 0.5) is 5.69 Å². The normalized spacial score (nSPS) is 11.0. The number of nitrogens with zero attached hydrogens (tertiary/aromatic N) is 1. The van der Waals surface area contributed by atoms with E-state index in [0.29, 0.717) is 43.2 Å². The Balaban J connectivity index is 1.40. The Labute approximate surface area is 215 Å². The first kappa shape index (κ1) is 24.5. The van der Waals surface area contributed by atoms with Gasteiger partial charge in [0.15, 0.2) is 0 Å². The number of fused-ring (bicyclic) bond motifs is 1. The monoisotopic (exact) mass is 527 g/mol. The van der Waals surface area contributed by atoms with Gasteiger partial charge in [-0.25, -0.2) is 5.43 Å². The van der Waals surface area contributed by atoms with Gasteiger partial charge in [-0.05, 0) is 48.5 Å². The number of carbonyl (C=O) groups is 2. The molecule has 0 aliphatic rings. The van der Waals surface area contributed by atoms with Crippen molar-refractivity contribution in [3.05, 3.63) is 86.7 Å². The number of hydrogen-bond acceptors (Lipinski definition) is 6.